The third-order valence-corrected chi connectivity index (χ3v) is 10.4. The molecule has 302 valence electrons. The maximum atomic E-state index is 10.6. The number of hydrogen-bond acceptors (Lipinski definition) is 10. The highest BCUT2D eigenvalue weighted by Crippen LogP contribution is 2.38. The van der Waals surface area contributed by atoms with E-state index >= 15 is 0 Å². The molecule has 1 aliphatic heterocycles. The highest BCUT2D eigenvalue weighted by molar-refractivity contribution is 7.40. The second kappa shape index (κ2) is 28.7. The first-order chi connectivity index (χ1) is 26.6. The van der Waals surface area contributed by atoms with E-state index in [9.17, 15) is 4.89 Å². The summed E-state index contributed by atoms with van der Waals surface area (Å²) >= 11 is 0. The molecule has 1 aliphatic rings. The molecule has 0 bridgehead atoms. The summed E-state index contributed by atoms with van der Waals surface area (Å²) in [5.74, 6) is 0.423. The van der Waals surface area contributed by atoms with E-state index in [1.54, 1.807) is 16.6 Å². The molecule has 1 fully saturated rings. The predicted molar refractivity (Wildman–Crippen MR) is 217 cm³/mol. The Morgan fingerprint density at radius 3 is 2.13 bits per heavy atom. The molecule has 12 heteroatoms. The number of unbranched alkanes of at least 4 members (excludes halogenated alkanes) is 15. The molecule has 3 aromatic rings. The Bertz CT molecular complexity index is 1420. The van der Waals surface area contributed by atoms with Crippen LogP contribution in [-0.2, 0) is 29.9 Å². The Labute approximate surface area is 326 Å². The van der Waals surface area contributed by atoms with Gasteiger partial charge in [-0.2, -0.15) is 10.4 Å². The summed E-state index contributed by atoms with van der Waals surface area (Å²) in [4.78, 5) is 14.6. The van der Waals surface area contributed by atoms with Gasteiger partial charge in [0.05, 0.1) is 49.9 Å². The van der Waals surface area contributed by atoms with Gasteiger partial charge in [-0.25, -0.2) is 9.50 Å². The molecule has 0 radical (unpaired) electrons. The highest BCUT2D eigenvalue weighted by atomic mass is 31.2. The van der Waals surface area contributed by atoms with Crippen LogP contribution in [0.4, 0.5) is 5.82 Å². The lowest BCUT2D eigenvalue weighted by atomic mass is 10.0. The first kappa shape index (κ1) is 45.7. The van der Waals surface area contributed by atoms with Crippen LogP contribution in [-0.4, -0.2) is 58.1 Å². The zero-order valence-electron chi connectivity index (χ0n) is 33.3. The molecule has 4 atom stereocenters. The van der Waals surface area contributed by atoms with Gasteiger partial charge in [0.1, 0.15) is 24.1 Å². The molecule has 0 aliphatic carbocycles. The molecule has 0 saturated carbocycles. The fraction of sp³-hybridized carbons (Fsp3) is 0.690. The number of fused-ring (bicyclic) bond motifs is 1. The largest absolute Gasteiger partial charge is 0.382 e. The second-order valence-corrected chi connectivity index (χ2v) is 15.0. The van der Waals surface area contributed by atoms with Crippen LogP contribution < -0.4 is 5.73 Å². The minimum absolute atomic E-state index is 0.128. The Morgan fingerprint density at radius 2 is 1.50 bits per heavy atom. The van der Waals surface area contributed by atoms with Crippen LogP contribution in [0.3, 0.4) is 0 Å². The third-order valence-electron chi connectivity index (χ3n) is 9.70. The van der Waals surface area contributed by atoms with E-state index in [2.05, 4.69) is 23.1 Å². The zero-order chi connectivity index (χ0) is 38.6. The minimum atomic E-state index is -2.13. The monoisotopic (exact) mass is 769 g/mol. The second-order valence-electron chi connectivity index (χ2n) is 14.0. The van der Waals surface area contributed by atoms with Crippen molar-refractivity contribution in [2.24, 2.45) is 0 Å². The van der Waals surface area contributed by atoms with Gasteiger partial charge in [0.15, 0.2) is 5.82 Å². The summed E-state index contributed by atoms with van der Waals surface area (Å²) in [6.07, 6.45) is 23.7. The van der Waals surface area contributed by atoms with E-state index in [4.69, 9.17) is 34.3 Å². The first-order valence-corrected chi connectivity index (χ1v) is 21.9. The van der Waals surface area contributed by atoms with Crippen LogP contribution in [0.15, 0.2) is 42.7 Å². The summed E-state index contributed by atoms with van der Waals surface area (Å²) in [6.45, 7) is 7.98. The van der Waals surface area contributed by atoms with Gasteiger partial charge in [-0.3, -0.25) is 0 Å². The van der Waals surface area contributed by atoms with E-state index in [-0.39, 0.29) is 31.5 Å². The number of ether oxygens (including phenoxy) is 3. The van der Waals surface area contributed by atoms with Gasteiger partial charge in [-0.05, 0) is 49.1 Å². The average molecular weight is 770 g/mol. The lowest BCUT2D eigenvalue weighted by Gasteiger charge is -2.20. The molecular weight excluding hydrogens is 701 g/mol. The van der Waals surface area contributed by atoms with Crippen LogP contribution in [0, 0.1) is 11.3 Å². The molecule has 4 rings (SSSR count). The topological polar surface area (TPSA) is 146 Å². The van der Waals surface area contributed by atoms with Gasteiger partial charge in [0.25, 0.3) is 0 Å². The van der Waals surface area contributed by atoms with Gasteiger partial charge < -0.3 is 33.9 Å². The number of rotatable bonds is 29. The number of hydrogen-bond donors (Lipinski definition) is 2. The molecule has 1 aromatic carbocycles. The molecule has 4 unspecified atom stereocenters. The number of nitrogens with two attached hydrogens (primary N) is 1. The van der Waals surface area contributed by atoms with E-state index in [0.29, 0.717) is 31.2 Å². The van der Waals surface area contributed by atoms with Crippen molar-refractivity contribution in [1.82, 2.24) is 14.6 Å². The van der Waals surface area contributed by atoms with Crippen LogP contribution in [0.25, 0.3) is 5.52 Å². The molecule has 11 nitrogen and oxygen atoms in total. The molecular formula is C42H68N5O6P. The summed E-state index contributed by atoms with van der Waals surface area (Å²) in [5, 5.41) is 13.4. The Hall–Kier alpha value is -2.68. The molecule has 0 amide bonds. The highest BCUT2D eigenvalue weighted by Gasteiger charge is 2.30. The Kier molecular flexibility index (Phi) is 24.3. The number of nitrogens with zero attached hydrogens (tertiary/aromatic N) is 4. The van der Waals surface area contributed by atoms with E-state index < -0.39 is 8.60 Å². The maximum Gasteiger partial charge on any atom is 0.330 e. The fourth-order valence-electron chi connectivity index (χ4n) is 6.59. The zero-order valence-corrected chi connectivity index (χ0v) is 34.2. The van der Waals surface area contributed by atoms with E-state index in [1.165, 1.54) is 96.2 Å². The summed E-state index contributed by atoms with van der Waals surface area (Å²) < 4.78 is 31.5. The maximum absolute atomic E-state index is 10.6. The third kappa shape index (κ3) is 17.8. The number of nitriles is 1. The molecule has 1 saturated heterocycles. The van der Waals surface area contributed by atoms with Gasteiger partial charge in [0, 0.05) is 6.61 Å². The van der Waals surface area contributed by atoms with Crippen molar-refractivity contribution >= 4 is 19.9 Å². The quantitative estimate of drug-likeness (QED) is 0.0516. The standard InChI is InChI=1S/C40H62N5O6P.C2H6/c1-2-3-4-5-6-7-8-9-10-11-12-13-14-15-16-17-26-47-29-36(48-28-34-20-18-33(27-41)19-21-34)31-50-52(46)49-30-35-22-25-39(51-35)37-23-24-38-40(42)43-32-44-45(37)38;1-2/h18-21,23-24,32,35-36,39,46H,2-17,22,25-26,28-31H2,1H3,(H2,42,43,44);1-2H3. The summed E-state index contributed by atoms with van der Waals surface area (Å²) in [6, 6.07) is 13.3. The van der Waals surface area contributed by atoms with Crippen LogP contribution in [0.2, 0.25) is 0 Å². The SMILES string of the molecule is CC.CCCCCCCCCCCCCCCCCCOCC(COP(O)OCC1CCC(c2ccc3c(N)ncnn23)O1)OCc1ccc(C#N)cc1. The molecule has 0 spiro atoms. The predicted octanol–water partition coefficient (Wildman–Crippen LogP) is 10.5. The van der Waals surface area contributed by atoms with E-state index in [1.807, 2.05) is 38.1 Å². The minimum Gasteiger partial charge on any atom is -0.382 e. The average Bonchev–Trinajstić information content (AvgIpc) is 3.86. The lowest BCUT2D eigenvalue weighted by molar-refractivity contribution is -0.0493. The van der Waals surface area contributed by atoms with Crippen molar-refractivity contribution < 1.29 is 28.2 Å². The van der Waals surface area contributed by atoms with E-state index in [0.717, 1.165) is 42.5 Å². The molecule has 3 heterocycles. The number of nitrogen functional groups attached to an aromatic ring is 1. The Balaban J connectivity index is 0.00000385. The smallest absolute Gasteiger partial charge is 0.330 e. The van der Waals surface area contributed by atoms with Gasteiger partial charge in [0.2, 0.25) is 0 Å². The van der Waals surface area contributed by atoms with Crippen molar-refractivity contribution in [3.05, 3.63) is 59.5 Å². The van der Waals surface area contributed by atoms with Crippen molar-refractivity contribution in [2.75, 3.05) is 32.2 Å². The van der Waals surface area contributed by atoms with Crippen LogP contribution in [0.5, 0.6) is 0 Å². The summed E-state index contributed by atoms with van der Waals surface area (Å²) in [7, 11) is -2.13. The fourth-order valence-corrected chi connectivity index (χ4v) is 7.26. The van der Waals surface area contributed by atoms with Crippen molar-refractivity contribution in [3.63, 3.8) is 0 Å². The molecule has 2 aromatic heterocycles. The van der Waals surface area contributed by atoms with Crippen molar-refractivity contribution in [1.29, 1.82) is 5.26 Å². The van der Waals surface area contributed by atoms with Crippen LogP contribution >= 0.6 is 8.60 Å². The van der Waals surface area contributed by atoms with Crippen LogP contribution in [0.1, 0.15) is 159 Å². The molecule has 54 heavy (non-hydrogen) atoms. The lowest BCUT2D eigenvalue weighted by Crippen LogP contribution is -2.25. The van der Waals surface area contributed by atoms with Crippen molar-refractivity contribution in [2.45, 2.75) is 161 Å². The molecule has 3 N–H and O–H groups in total. The summed E-state index contributed by atoms with van der Waals surface area (Å²) in [5.41, 5.74) is 9.19. The number of anilines is 1. The Morgan fingerprint density at radius 1 is 0.870 bits per heavy atom. The van der Waals surface area contributed by atoms with Crippen molar-refractivity contribution in [3.8, 4) is 6.07 Å². The van der Waals surface area contributed by atoms with Gasteiger partial charge in [-0.1, -0.05) is 129 Å². The van der Waals surface area contributed by atoms with Gasteiger partial charge >= 0.3 is 8.60 Å². The number of benzene rings is 1. The first-order valence-electron chi connectivity index (χ1n) is 20.7. The normalized spacial score (nSPS) is 16.6. The van der Waals surface area contributed by atoms with Gasteiger partial charge in [-0.15, -0.1) is 0 Å². The number of aromatic nitrogens is 3.